The van der Waals surface area contributed by atoms with Crippen molar-refractivity contribution in [1.29, 1.82) is 0 Å². The largest absolute Gasteiger partial charge is 1.00 e. The van der Waals surface area contributed by atoms with Crippen LogP contribution in [0.3, 0.4) is 0 Å². The van der Waals surface area contributed by atoms with Gasteiger partial charge in [0, 0.05) is 0 Å². The van der Waals surface area contributed by atoms with Crippen molar-refractivity contribution in [2.24, 2.45) is 11.5 Å². The Morgan fingerprint density at radius 3 is 2.00 bits per heavy atom. The van der Waals surface area contributed by atoms with E-state index in [1.807, 2.05) is 0 Å². The molecular formula is C3H9KN2O. The van der Waals surface area contributed by atoms with Gasteiger partial charge in [-0.1, -0.05) is 0 Å². The summed E-state index contributed by atoms with van der Waals surface area (Å²) in [5.74, 6) is -0.463. The van der Waals surface area contributed by atoms with E-state index in [0.717, 1.165) is 0 Å². The van der Waals surface area contributed by atoms with Gasteiger partial charge < -0.3 is 12.9 Å². The first-order valence-corrected chi connectivity index (χ1v) is 1.69. The Hall–Kier alpha value is 1.07. The molecule has 4 N–H and O–H groups in total. The molecule has 0 heterocycles. The SMILES string of the molecule is CC(N)C(N)=O.[H-].[K+]. The molecule has 0 aliphatic carbocycles. The molecule has 0 aliphatic rings. The molecule has 1 atom stereocenters. The van der Waals surface area contributed by atoms with Gasteiger partial charge in [0.05, 0.1) is 6.04 Å². The van der Waals surface area contributed by atoms with Gasteiger partial charge in [-0.25, -0.2) is 0 Å². The minimum atomic E-state index is -0.509. The van der Waals surface area contributed by atoms with Gasteiger partial charge in [0.2, 0.25) is 5.91 Å². The summed E-state index contributed by atoms with van der Waals surface area (Å²) < 4.78 is 0. The zero-order chi connectivity index (χ0) is 5.15. The predicted octanol–water partition coefficient (Wildman–Crippen LogP) is -4.06. The summed E-state index contributed by atoms with van der Waals surface area (Å²) in [6.07, 6.45) is 0. The first kappa shape index (κ1) is 10.9. The maximum absolute atomic E-state index is 9.80. The summed E-state index contributed by atoms with van der Waals surface area (Å²) in [6, 6.07) is -0.509. The van der Waals surface area contributed by atoms with Crippen molar-refractivity contribution in [2.75, 3.05) is 0 Å². The Morgan fingerprint density at radius 2 is 2.00 bits per heavy atom. The maximum atomic E-state index is 9.80. The van der Waals surface area contributed by atoms with Gasteiger partial charge in [0.25, 0.3) is 0 Å². The van der Waals surface area contributed by atoms with Crippen LogP contribution < -0.4 is 62.9 Å². The molecule has 0 aromatic heterocycles. The first-order valence-electron chi connectivity index (χ1n) is 1.69. The number of amides is 1. The van der Waals surface area contributed by atoms with E-state index < -0.39 is 11.9 Å². The van der Waals surface area contributed by atoms with Crippen molar-refractivity contribution in [1.82, 2.24) is 0 Å². The van der Waals surface area contributed by atoms with Crippen molar-refractivity contribution < 1.29 is 57.6 Å². The van der Waals surface area contributed by atoms with Gasteiger partial charge in [0.15, 0.2) is 0 Å². The Labute approximate surface area is 86.7 Å². The zero-order valence-electron chi connectivity index (χ0n) is 5.64. The number of carbonyl (C=O) groups is 1. The number of nitrogens with two attached hydrogens (primary N) is 2. The van der Waals surface area contributed by atoms with E-state index in [2.05, 4.69) is 5.73 Å². The second-order valence-corrected chi connectivity index (χ2v) is 1.19. The molecule has 7 heavy (non-hydrogen) atoms. The van der Waals surface area contributed by atoms with Crippen LogP contribution in [0, 0.1) is 0 Å². The van der Waals surface area contributed by atoms with Gasteiger partial charge in [-0.3, -0.25) is 4.79 Å². The van der Waals surface area contributed by atoms with Crippen LogP contribution in [0.2, 0.25) is 0 Å². The third kappa shape index (κ3) is 7.07. The van der Waals surface area contributed by atoms with Crippen LogP contribution in [0.1, 0.15) is 8.35 Å². The van der Waals surface area contributed by atoms with Gasteiger partial charge in [0.1, 0.15) is 0 Å². The molecule has 4 heteroatoms. The average Bonchev–Trinajstić information content (AvgIpc) is 1.36. The number of carbonyl (C=O) groups excluding carboxylic acids is 1. The summed E-state index contributed by atoms with van der Waals surface area (Å²) in [7, 11) is 0. The van der Waals surface area contributed by atoms with E-state index in [-0.39, 0.29) is 52.8 Å². The Morgan fingerprint density at radius 1 is 1.86 bits per heavy atom. The molecule has 0 aromatic rings. The molecule has 0 spiro atoms. The van der Waals surface area contributed by atoms with Crippen molar-refractivity contribution in [3.63, 3.8) is 0 Å². The summed E-state index contributed by atoms with van der Waals surface area (Å²) >= 11 is 0. The molecule has 0 rings (SSSR count). The quantitative estimate of drug-likeness (QED) is 0.353. The maximum Gasteiger partial charge on any atom is 1.00 e. The molecular weight excluding hydrogens is 119 g/mol. The van der Waals surface area contributed by atoms with E-state index in [9.17, 15) is 4.79 Å². The smallest absolute Gasteiger partial charge is 1.00 e. The van der Waals surface area contributed by atoms with Crippen LogP contribution in [0.5, 0.6) is 0 Å². The third-order valence-electron chi connectivity index (χ3n) is 0.449. The molecule has 0 saturated heterocycles. The number of hydrogen-bond donors (Lipinski definition) is 2. The van der Waals surface area contributed by atoms with E-state index in [1.54, 1.807) is 6.92 Å². The van der Waals surface area contributed by atoms with Gasteiger partial charge in [-0.15, -0.1) is 0 Å². The molecule has 0 fully saturated rings. The Kier molecular flexibility index (Phi) is 8.14. The monoisotopic (exact) mass is 128 g/mol. The van der Waals surface area contributed by atoms with Gasteiger partial charge in [-0.05, 0) is 6.92 Å². The van der Waals surface area contributed by atoms with E-state index in [1.165, 1.54) is 0 Å². The van der Waals surface area contributed by atoms with Crippen LogP contribution in [0.25, 0.3) is 0 Å². The van der Waals surface area contributed by atoms with Crippen LogP contribution in [-0.2, 0) is 4.79 Å². The molecule has 1 unspecified atom stereocenters. The van der Waals surface area contributed by atoms with Crippen molar-refractivity contribution >= 4 is 5.91 Å². The minimum Gasteiger partial charge on any atom is -1.00 e. The fourth-order valence-corrected chi connectivity index (χ4v) is 0. The van der Waals surface area contributed by atoms with Crippen LogP contribution >= 0.6 is 0 Å². The van der Waals surface area contributed by atoms with Crippen LogP contribution in [-0.4, -0.2) is 11.9 Å². The second-order valence-electron chi connectivity index (χ2n) is 1.19. The fourth-order valence-electron chi connectivity index (χ4n) is 0. The first-order chi connectivity index (χ1) is 2.64. The minimum absolute atomic E-state index is 0. The van der Waals surface area contributed by atoms with Crippen molar-refractivity contribution in [3.8, 4) is 0 Å². The third-order valence-corrected chi connectivity index (χ3v) is 0.449. The molecule has 1 amide bonds. The van der Waals surface area contributed by atoms with E-state index in [4.69, 9.17) is 5.73 Å². The molecule has 0 radical (unpaired) electrons. The summed E-state index contributed by atoms with van der Waals surface area (Å²) in [4.78, 5) is 9.80. The Bertz CT molecular complexity index is 68.3. The fraction of sp³-hybridized carbons (Fsp3) is 0.667. The molecule has 3 nitrogen and oxygen atoms in total. The number of primary amides is 1. The number of hydrogen-bond acceptors (Lipinski definition) is 2. The zero-order valence-corrected chi connectivity index (χ0v) is 7.76. The molecule has 38 valence electrons. The van der Waals surface area contributed by atoms with Crippen LogP contribution in [0.15, 0.2) is 0 Å². The summed E-state index contributed by atoms with van der Waals surface area (Å²) in [5.41, 5.74) is 9.63. The standard InChI is InChI=1S/C3H8N2O.K.H/c1-2(4)3(5)6;;/h2H,4H2,1H3,(H2,5,6);;/q;+1;-1. The summed E-state index contributed by atoms with van der Waals surface area (Å²) in [6.45, 7) is 1.54. The number of rotatable bonds is 1. The average molecular weight is 128 g/mol. The predicted molar refractivity (Wildman–Crippen MR) is 24.0 cm³/mol. The molecule has 0 saturated carbocycles. The second kappa shape index (κ2) is 5.21. The summed E-state index contributed by atoms with van der Waals surface area (Å²) in [5, 5.41) is 0. The topological polar surface area (TPSA) is 69.1 Å². The van der Waals surface area contributed by atoms with Gasteiger partial charge in [-0.2, -0.15) is 0 Å². The molecule has 0 aromatic carbocycles. The Balaban J connectivity index is -0.000000125. The normalized spacial score (nSPS) is 11.7. The van der Waals surface area contributed by atoms with Crippen molar-refractivity contribution in [2.45, 2.75) is 13.0 Å². The van der Waals surface area contributed by atoms with Gasteiger partial charge >= 0.3 is 51.4 Å². The van der Waals surface area contributed by atoms with Crippen LogP contribution in [0.4, 0.5) is 0 Å². The molecule has 0 bridgehead atoms. The van der Waals surface area contributed by atoms with E-state index >= 15 is 0 Å². The van der Waals surface area contributed by atoms with E-state index in [0.29, 0.717) is 0 Å². The van der Waals surface area contributed by atoms with Crippen molar-refractivity contribution in [3.05, 3.63) is 0 Å². The molecule has 0 aliphatic heterocycles.